The topological polar surface area (TPSA) is 56.5 Å². The number of benzene rings is 1. The molecule has 0 atom stereocenters. The van der Waals surface area contributed by atoms with Crippen molar-refractivity contribution in [1.82, 2.24) is 0 Å². The van der Waals surface area contributed by atoms with E-state index in [0.717, 1.165) is 28.7 Å². The third kappa shape index (κ3) is 2.94. The molecule has 0 bridgehead atoms. The molecule has 1 aliphatic rings. The molecule has 2 aromatic rings. The second kappa shape index (κ2) is 5.81. The van der Waals surface area contributed by atoms with Crippen molar-refractivity contribution >= 4 is 34.3 Å². The number of thiophene rings is 1. The van der Waals surface area contributed by atoms with Crippen molar-refractivity contribution in [3.63, 3.8) is 0 Å². The highest BCUT2D eigenvalue weighted by atomic mass is 35.5. The van der Waals surface area contributed by atoms with Crippen molar-refractivity contribution in [2.75, 3.05) is 30.8 Å². The Balaban J connectivity index is 1.65. The van der Waals surface area contributed by atoms with Crippen LogP contribution < -0.4 is 20.5 Å². The van der Waals surface area contributed by atoms with Crippen LogP contribution in [0, 0.1) is 0 Å². The van der Waals surface area contributed by atoms with Crippen LogP contribution in [0.4, 0.5) is 11.4 Å². The molecule has 0 fully saturated rings. The van der Waals surface area contributed by atoms with Gasteiger partial charge in [0.05, 0.1) is 15.7 Å². The zero-order valence-electron chi connectivity index (χ0n) is 10.8. The van der Waals surface area contributed by atoms with Crippen LogP contribution in [0.5, 0.6) is 11.5 Å². The number of nitrogens with two attached hydrogens (primary N) is 1. The third-order valence-electron chi connectivity index (χ3n) is 3.03. The van der Waals surface area contributed by atoms with E-state index in [2.05, 4.69) is 5.32 Å². The van der Waals surface area contributed by atoms with Crippen LogP contribution in [-0.4, -0.2) is 19.8 Å². The van der Waals surface area contributed by atoms with Gasteiger partial charge >= 0.3 is 0 Å². The number of halogens is 1. The van der Waals surface area contributed by atoms with E-state index < -0.39 is 0 Å². The number of nitrogen functional groups attached to an aromatic ring is 1. The van der Waals surface area contributed by atoms with Crippen molar-refractivity contribution in [2.24, 2.45) is 0 Å². The van der Waals surface area contributed by atoms with Gasteiger partial charge < -0.3 is 20.5 Å². The Hall–Kier alpha value is -1.59. The van der Waals surface area contributed by atoms with Crippen LogP contribution in [0.2, 0.25) is 4.34 Å². The van der Waals surface area contributed by atoms with Crippen molar-refractivity contribution in [3.8, 4) is 11.5 Å². The van der Waals surface area contributed by atoms with Gasteiger partial charge in [-0.05, 0) is 18.6 Å². The molecule has 3 N–H and O–H groups in total. The van der Waals surface area contributed by atoms with Crippen LogP contribution in [0.25, 0.3) is 0 Å². The molecule has 20 heavy (non-hydrogen) atoms. The number of anilines is 2. The molecule has 0 radical (unpaired) electrons. The summed E-state index contributed by atoms with van der Waals surface area (Å²) >= 11 is 7.51. The van der Waals surface area contributed by atoms with Gasteiger partial charge in [0.25, 0.3) is 0 Å². The van der Waals surface area contributed by atoms with Gasteiger partial charge in [-0.3, -0.25) is 0 Å². The second-order valence-corrected chi connectivity index (χ2v) is 6.27. The molecule has 1 aliphatic heterocycles. The number of rotatable bonds is 4. The Morgan fingerprint density at radius 1 is 1.20 bits per heavy atom. The number of ether oxygens (including phenoxy) is 2. The lowest BCUT2D eigenvalue weighted by atomic mass is 10.2. The normalized spacial score (nSPS) is 13.2. The van der Waals surface area contributed by atoms with E-state index >= 15 is 0 Å². The van der Waals surface area contributed by atoms with E-state index in [1.54, 1.807) is 17.4 Å². The molecule has 1 aromatic heterocycles. The molecule has 0 saturated carbocycles. The van der Waals surface area contributed by atoms with Crippen LogP contribution in [0.3, 0.4) is 0 Å². The Labute approximate surface area is 126 Å². The third-order valence-corrected chi connectivity index (χ3v) is 4.32. The molecular formula is C14H15ClN2O2S. The molecule has 0 spiro atoms. The highest BCUT2D eigenvalue weighted by Gasteiger charge is 2.14. The molecule has 0 saturated heterocycles. The lowest BCUT2D eigenvalue weighted by Crippen LogP contribution is -2.16. The van der Waals surface area contributed by atoms with E-state index in [1.807, 2.05) is 18.2 Å². The lowest BCUT2D eigenvalue weighted by molar-refractivity contribution is 0.172. The summed E-state index contributed by atoms with van der Waals surface area (Å²) in [5, 5.41) is 3.32. The minimum Gasteiger partial charge on any atom is -0.486 e. The van der Waals surface area contributed by atoms with Crippen LogP contribution in [-0.2, 0) is 6.42 Å². The Kier molecular flexibility index (Phi) is 3.89. The van der Waals surface area contributed by atoms with Crippen molar-refractivity contribution in [3.05, 3.63) is 33.5 Å². The van der Waals surface area contributed by atoms with Gasteiger partial charge in [0, 0.05) is 23.6 Å². The molecule has 4 nitrogen and oxygen atoms in total. The van der Waals surface area contributed by atoms with Gasteiger partial charge in [-0.2, -0.15) is 0 Å². The van der Waals surface area contributed by atoms with E-state index in [1.165, 1.54) is 4.88 Å². The summed E-state index contributed by atoms with van der Waals surface area (Å²) in [7, 11) is 0. The number of nitrogens with one attached hydrogen (secondary N) is 1. The summed E-state index contributed by atoms with van der Waals surface area (Å²) in [4.78, 5) is 1.25. The molecule has 3 rings (SSSR count). The summed E-state index contributed by atoms with van der Waals surface area (Å²) in [6.45, 7) is 1.93. The number of hydrogen-bond donors (Lipinski definition) is 2. The standard InChI is InChI=1S/C14H15ClN2O2S/c15-14-2-1-9(20-14)3-4-17-11-8-13-12(7-10(11)16)18-5-6-19-13/h1-2,7-8,17H,3-6,16H2. The monoisotopic (exact) mass is 310 g/mol. The SMILES string of the molecule is Nc1cc2c(cc1NCCc1ccc(Cl)s1)OCCO2. The molecule has 0 amide bonds. The van der Waals surface area contributed by atoms with Gasteiger partial charge in [-0.25, -0.2) is 0 Å². The van der Waals surface area contributed by atoms with E-state index in [9.17, 15) is 0 Å². The van der Waals surface area contributed by atoms with Gasteiger partial charge in [-0.15, -0.1) is 11.3 Å². The van der Waals surface area contributed by atoms with Gasteiger partial charge in [0.15, 0.2) is 11.5 Å². The van der Waals surface area contributed by atoms with Gasteiger partial charge in [0.2, 0.25) is 0 Å². The molecule has 6 heteroatoms. The molecule has 106 valence electrons. The van der Waals surface area contributed by atoms with Crippen molar-refractivity contribution in [2.45, 2.75) is 6.42 Å². The second-order valence-electron chi connectivity index (χ2n) is 4.47. The quantitative estimate of drug-likeness (QED) is 0.850. The van der Waals surface area contributed by atoms with Gasteiger partial charge in [-0.1, -0.05) is 11.6 Å². The van der Waals surface area contributed by atoms with Crippen molar-refractivity contribution < 1.29 is 9.47 Å². The molecule has 2 heterocycles. The van der Waals surface area contributed by atoms with Crippen LogP contribution in [0.1, 0.15) is 4.88 Å². The zero-order chi connectivity index (χ0) is 13.9. The Morgan fingerprint density at radius 3 is 2.65 bits per heavy atom. The molecule has 1 aromatic carbocycles. The van der Waals surface area contributed by atoms with Crippen LogP contribution >= 0.6 is 22.9 Å². The first-order valence-corrected chi connectivity index (χ1v) is 7.59. The summed E-state index contributed by atoms with van der Waals surface area (Å²) in [6, 6.07) is 7.66. The van der Waals surface area contributed by atoms with E-state index in [0.29, 0.717) is 24.7 Å². The lowest BCUT2D eigenvalue weighted by Gasteiger charge is -2.20. The fraction of sp³-hybridized carbons (Fsp3) is 0.286. The highest BCUT2D eigenvalue weighted by molar-refractivity contribution is 7.16. The summed E-state index contributed by atoms with van der Waals surface area (Å²) in [5.74, 6) is 1.46. The van der Waals surface area contributed by atoms with E-state index in [-0.39, 0.29) is 0 Å². The zero-order valence-corrected chi connectivity index (χ0v) is 12.4. The van der Waals surface area contributed by atoms with Crippen molar-refractivity contribution in [1.29, 1.82) is 0 Å². The first-order valence-electron chi connectivity index (χ1n) is 6.39. The summed E-state index contributed by atoms with van der Waals surface area (Å²) < 4.78 is 11.9. The maximum Gasteiger partial charge on any atom is 0.163 e. The fourth-order valence-electron chi connectivity index (χ4n) is 2.06. The first kappa shape index (κ1) is 13.4. The summed E-state index contributed by atoms with van der Waals surface area (Å²) in [6.07, 6.45) is 0.908. The molecular weight excluding hydrogens is 296 g/mol. The van der Waals surface area contributed by atoms with Gasteiger partial charge in [0.1, 0.15) is 13.2 Å². The average molecular weight is 311 g/mol. The fourth-order valence-corrected chi connectivity index (χ4v) is 3.15. The Morgan fingerprint density at radius 2 is 1.95 bits per heavy atom. The predicted octanol–water partition coefficient (Wildman–Crippen LogP) is 3.41. The average Bonchev–Trinajstić information content (AvgIpc) is 2.85. The minimum absolute atomic E-state index is 0.568. The highest BCUT2D eigenvalue weighted by Crippen LogP contribution is 2.36. The summed E-state index contributed by atoms with van der Waals surface area (Å²) in [5.41, 5.74) is 7.55. The molecule has 0 aliphatic carbocycles. The smallest absolute Gasteiger partial charge is 0.163 e. The van der Waals surface area contributed by atoms with E-state index in [4.69, 9.17) is 26.8 Å². The maximum absolute atomic E-state index is 6.01. The number of fused-ring (bicyclic) bond motifs is 1. The predicted molar refractivity (Wildman–Crippen MR) is 83.4 cm³/mol. The number of hydrogen-bond acceptors (Lipinski definition) is 5. The largest absolute Gasteiger partial charge is 0.486 e. The minimum atomic E-state index is 0.568. The first-order chi connectivity index (χ1) is 9.72. The maximum atomic E-state index is 6.01. The Bertz CT molecular complexity index is 615. The van der Waals surface area contributed by atoms with Crippen LogP contribution in [0.15, 0.2) is 24.3 Å². The molecule has 0 unspecified atom stereocenters.